The average molecular weight is 764 g/mol. The van der Waals surface area contributed by atoms with Crippen molar-refractivity contribution in [2.75, 3.05) is 0 Å². The zero-order valence-corrected chi connectivity index (χ0v) is 31.9. The maximum Gasteiger partial charge on any atom is 0.164 e. The van der Waals surface area contributed by atoms with Crippen LogP contribution in [0.3, 0.4) is 0 Å². The van der Waals surface area contributed by atoms with Gasteiger partial charge >= 0.3 is 0 Å². The van der Waals surface area contributed by atoms with Crippen molar-refractivity contribution < 1.29 is 4.42 Å². The predicted octanol–water partition coefficient (Wildman–Crippen LogP) is 14.8. The van der Waals surface area contributed by atoms with Gasteiger partial charge < -0.3 is 4.42 Å². The molecule has 266 valence electrons. The summed E-state index contributed by atoms with van der Waals surface area (Å²) >= 11 is 3.68. The molecule has 12 rings (SSSR count). The third-order valence-corrected chi connectivity index (χ3v) is 13.3. The molecular formula is C51H29N3OS2. The molecule has 0 spiro atoms. The second-order valence-corrected chi connectivity index (χ2v) is 16.4. The summed E-state index contributed by atoms with van der Waals surface area (Å²) in [5, 5.41) is 7.18. The monoisotopic (exact) mass is 763 g/mol. The normalized spacial score (nSPS) is 11.9. The fourth-order valence-electron chi connectivity index (χ4n) is 8.32. The van der Waals surface area contributed by atoms with Crippen LogP contribution in [0.15, 0.2) is 180 Å². The van der Waals surface area contributed by atoms with Crippen LogP contribution in [0.2, 0.25) is 0 Å². The van der Waals surface area contributed by atoms with Gasteiger partial charge in [0.2, 0.25) is 0 Å². The van der Waals surface area contributed by atoms with E-state index in [2.05, 4.69) is 133 Å². The van der Waals surface area contributed by atoms with E-state index in [-0.39, 0.29) is 0 Å². The first-order valence-corrected chi connectivity index (χ1v) is 20.6. The molecular weight excluding hydrogens is 735 g/mol. The van der Waals surface area contributed by atoms with E-state index in [1.165, 1.54) is 57.2 Å². The van der Waals surface area contributed by atoms with E-state index >= 15 is 0 Å². The number of para-hydroxylation sites is 1. The summed E-state index contributed by atoms with van der Waals surface area (Å²) in [5.41, 5.74) is 9.48. The van der Waals surface area contributed by atoms with Gasteiger partial charge in [0.15, 0.2) is 17.5 Å². The maximum absolute atomic E-state index is 6.34. The van der Waals surface area contributed by atoms with Gasteiger partial charge in [-0.2, -0.15) is 0 Å². The smallest absolute Gasteiger partial charge is 0.164 e. The number of aromatic nitrogens is 3. The van der Waals surface area contributed by atoms with Crippen LogP contribution >= 0.6 is 22.7 Å². The van der Waals surface area contributed by atoms with Crippen LogP contribution in [-0.2, 0) is 0 Å². The Hall–Kier alpha value is -6.99. The Bertz CT molecular complexity index is 3470. The number of furan rings is 1. The highest BCUT2D eigenvalue weighted by atomic mass is 32.1. The fourth-order valence-corrected chi connectivity index (χ4v) is 10.7. The molecule has 0 radical (unpaired) electrons. The quantitative estimate of drug-likeness (QED) is 0.175. The van der Waals surface area contributed by atoms with Crippen LogP contribution in [0.5, 0.6) is 0 Å². The molecule has 4 nitrogen and oxygen atoms in total. The molecule has 0 aliphatic carbocycles. The van der Waals surface area contributed by atoms with Crippen LogP contribution in [0.1, 0.15) is 0 Å². The lowest BCUT2D eigenvalue weighted by molar-refractivity contribution is 0.669. The topological polar surface area (TPSA) is 51.8 Å². The second-order valence-electron chi connectivity index (χ2n) is 14.3. The van der Waals surface area contributed by atoms with E-state index in [9.17, 15) is 0 Å². The lowest BCUT2D eigenvalue weighted by Crippen LogP contribution is -2.00. The SMILES string of the molecule is c1ccc(-c2nc(-c3ccccc3)nc(-c3cccc4sc5cc(-c6cc(-c7cccc8oc9ccccc9c78)cc7c6sc6ccccc67)ccc5c34)n2)cc1. The third kappa shape index (κ3) is 5.22. The van der Waals surface area contributed by atoms with Gasteiger partial charge in [-0.15, -0.1) is 22.7 Å². The molecule has 0 atom stereocenters. The Morgan fingerprint density at radius 3 is 1.79 bits per heavy atom. The highest BCUT2D eigenvalue weighted by molar-refractivity contribution is 7.26. The van der Waals surface area contributed by atoms with Crippen molar-refractivity contribution in [3.05, 3.63) is 176 Å². The summed E-state index contributed by atoms with van der Waals surface area (Å²) in [5.74, 6) is 1.98. The summed E-state index contributed by atoms with van der Waals surface area (Å²) in [6.45, 7) is 0. The molecule has 12 aromatic rings. The molecule has 0 N–H and O–H groups in total. The summed E-state index contributed by atoms with van der Waals surface area (Å²) in [6, 6.07) is 62.0. The first-order valence-electron chi connectivity index (χ1n) is 18.9. The van der Waals surface area contributed by atoms with Crippen molar-refractivity contribution in [1.82, 2.24) is 15.0 Å². The molecule has 0 aliphatic heterocycles. The molecule has 6 heteroatoms. The summed E-state index contributed by atoms with van der Waals surface area (Å²) < 4.78 is 11.3. The minimum Gasteiger partial charge on any atom is -0.456 e. The van der Waals surface area contributed by atoms with Crippen LogP contribution in [0.4, 0.5) is 0 Å². The molecule has 57 heavy (non-hydrogen) atoms. The molecule has 0 saturated carbocycles. The second kappa shape index (κ2) is 12.8. The number of thiophene rings is 2. The van der Waals surface area contributed by atoms with E-state index < -0.39 is 0 Å². The molecule has 4 heterocycles. The third-order valence-electron chi connectivity index (χ3n) is 10.9. The molecule has 4 aromatic heterocycles. The van der Waals surface area contributed by atoms with Gasteiger partial charge in [-0.1, -0.05) is 133 Å². The van der Waals surface area contributed by atoms with Crippen LogP contribution in [0, 0.1) is 0 Å². The van der Waals surface area contributed by atoms with Crippen molar-refractivity contribution >= 4 is 85.0 Å². The Kier molecular flexibility index (Phi) is 7.24. The lowest BCUT2D eigenvalue weighted by Gasteiger charge is -2.11. The van der Waals surface area contributed by atoms with Crippen molar-refractivity contribution in [3.8, 4) is 56.4 Å². The highest BCUT2D eigenvalue weighted by Gasteiger charge is 2.20. The van der Waals surface area contributed by atoms with Gasteiger partial charge in [0.05, 0.1) is 0 Å². The average Bonchev–Trinajstić information content (AvgIpc) is 3.97. The standard InChI is InChI=1S/C51H29N3OS2/c1-3-13-30(14-4-1)49-52-50(31-15-5-2-6-16-31)54-51(53-49)38-20-12-24-44-47(38)37-26-25-32(29-45(37)56-44)39-27-33(28-40-35-17-8-10-23-43(35)57-48(39)40)34-19-11-22-42-46(34)36-18-7-9-21-41(36)55-42/h1-29H. The molecule has 8 aromatic carbocycles. The molecule has 0 bridgehead atoms. The summed E-state index contributed by atoms with van der Waals surface area (Å²) in [6.07, 6.45) is 0. The Morgan fingerprint density at radius 2 is 0.982 bits per heavy atom. The van der Waals surface area contributed by atoms with E-state index in [0.29, 0.717) is 17.5 Å². The summed E-state index contributed by atoms with van der Waals surface area (Å²) in [4.78, 5) is 15.2. The van der Waals surface area contributed by atoms with Crippen LogP contribution in [-0.4, -0.2) is 15.0 Å². The van der Waals surface area contributed by atoms with Crippen molar-refractivity contribution in [3.63, 3.8) is 0 Å². The predicted molar refractivity (Wildman–Crippen MR) is 240 cm³/mol. The Balaban J connectivity index is 1.07. The largest absolute Gasteiger partial charge is 0.456 e. The zero-order chi connectivity index (χ0) is 37.5. The number of nitrogens with zero attached hydrogens (tertiary/aromatic N) is 3. The first kappa shape index (κ1) is 32.3. The van der Waals surface area contributed by atoms with Crippen LogP contribution < -0.4 is 0 Å². The van der Waals surface area contributed by atoms with Gasteiger partial charge in [-0.25, -0.2) is 15.0 Å². The van der Waals surface area contributed by atoms with Gasteiger partial charge in [0.1, 0.15) is 11.2 Å². The van der Waals surface area contributed by atoms with E-state index in [4.69, 9.17) is 19.4 Å². The fraction of sp³-hybridized carbons (Fsp3) is 0. The van der Waals surface area contributed by atoms with Crippen molar-refractivity contribution in [2.45, 2.75) is 0 Å². The lowest BCUT2D eigenvalue weighted by atomic mass is 9.93. The molecule has 0 fully saturated rings. The number of rotatable bonds is 5. The molecule has 0 amide bonds. The number of fused-ring (bicyclic) bond motifs is 9. The number of hydrogen-bond donors (Lipinski definition) is 0. The zero-order valence-electron chi connectivity index (χ0n) is 30.3. The van der Waals surface area contributed by atoms with E-state index in [1.807, 2.05) is 65.1 Å². The van der Waals surface area contributed by atoms with Gasteiger partial charge in [-0.3, -0.25) is 0 Å². The molecule has 0 unspecified atom stereocenters. The first-order chi connectivity index (χ1) is 28.2. The molecule has 0 saturated heterocycles. The van der Waals surface area contributed by atoms with Crippen LogP contribution in [0.25, 0.3) is 119 Å². The van der Waals surface area contributed by atoms with Gasteiger partial charge in [0.25, 0.3) is 0 Å². The Morgan fingerprint density at radius 1 is 0.333 bits per heavy atom. The summed E-state index contributed by atoms with van der Waals surface area (Å²) in [7, 11) is 0. The van der Waals surface area contributed by atoms with Crippen molar-refractivity contribution in [1.29, 1.82) is 0 Å². The highest BCUT2D eigenvalue weighted by Crippen LogP contribution is 2.47. The van der Waals surface area contributed by atoms with E-state index in [1.54, 1.807) is 0 Å². The van der Waals surface area contributed by atoms with Gasteiger partial charge in [-0.05, 0) is 59.2 Å². The number of benzene rings is 8. The maximum atomic E-state index is 6.34. The minimum atomic E-state index is 0.657. The van der Waals surface area contributed by atoms with Gasteiger partial charge in [0, 0.05) is 73.4 Å². The number of hydrogen-bond acceptors (Lipinski definition) is 6. The minimum absolute atomic E-state index is 0.657. The molecule has 0 aliphatic rings. The van der Waals surface area contributed by atoms with Crippen molar-refractivity contribution in [2.24, 2.45) is 0 Å². The van der Waals surface area contributed by atoms with E-state index in [0.717, 1.165) is 44.0 Å². The Labute approximate surface area is 335 Å².